The molecule has 0 aliphatic carbocycles. The highest BCUT2D eigenvalue weighted by Gasteiger charge is 2.32. The van der Waals surface area contributed by atoms with Crippen LogP contribution in [0.1, 0.15) is 12.0 Å². The quantitative estimate of drug-likeness (QED) is 0.776. The van der Waals surface area contributed by atoms with Gasteiger partial charge in [-0.25, -0.2) is 4.39 Å². The molecule has 0 saturated carbocycles. The number of morpholine rings is 1. The van der Waals surface area contributed by atoms with Gasteiger partial charge in [0.25, 0.3) is 0 Å². The highest BCUT2D eigenvalue weighted by atomic mass is 19.1. The van der Waals surface area contributed by atoms with Crippen molar-refractivity contribution in [2.45, 2.75) is 25.2 Å². The molecule has 24 heavy (non-hydrogen) atoms. The average Bonchev–Trinajstić information content (AvgIpc) is 3.12. The molecule has 0 aromatic carbocycles. The average molecular weight is 339 g/mol. The fourth-order valence-corrected chi connectivity index (χ4v) is 3.37. The molecule has 7 nitrogen and oxygen atoms in total. The van der Waals surface area contributed by atoms with Gasteiger partial charge in [0.15, 0.2) is 0 Å². The zero-order chi connectivity index (χ0) is 16.9. The first kappa shape index (κ1) is 17.3. The molecule has 3 heterocycles. The van der Waals surface area contributed by atoms with E-state index in [2.05, 4.69) is 20.2 Å². The summed E-state index contributed by atoms with van der Waals surface area (Å²) in [4.78, 5) is 16.3. The summed E-state index contributed by atoms with van der Waals surface area (Å²) in [5, 5.41) is 7.12. The fourth-order valence-electron chi connectivity index (χ4n) is 3.37. The first-order valence-electron chi connectivity index (χ1n) is 8.52. The normalized spacial score (nSPS) is 25.9. The third-order valence-electron chi connectivity index (χ3n) is 4.63. The molecule has 1 amide bonds. The highest BCUT2D eigenvalue weighted by Crippen LogP contribution is 2.22. The minimum Gasteiger partial charge on any atom is -0.379 e. The number of nitrogens with zero attached hydrogens (tertiary/aromatic N) is 4. The predicted molar refractivity (Wildman–Crippen MR) is 87.2 cm³/mol. The molecular formula is C16H26FN5O2. The monoisotopic (exact) mass is 339 g/mol. The summed E-state index contributed by atoms with van der Waals surface area (Å²) >= 11 is 0. The minimum absolute atomic E-state index is 0.000496. The van der Waals surface area contributed by atoms with Gasteiger partial charge in [-0.05, 0) is 6.42 Å². The van der Waals surface area contributed by atoms with E-state index in [1.165, 1.54) is 0 Å². The van der Waals surface area contributed by atoms with Crippen LogP contribution in [0.2, 0.25) is 0 Å². The third-order valence-corrected chi connectivity index (χ3v) is 4.63. The minimum atomic E-state index is -0.831. The number of likely N-dealkylation sites (tertiary alicyclic amines) is 1. The van der Waals surface area contributed by atoms with Crippen LogP contribution >= 0.6 is 0 Å². The van der Waals surface area contributed by atoms with E-state index >= 15 is 0 Å². The van der Waals surface area contributed by atoms with E-state index in [0.717, 1.165) is 18.7 Å². The van der Waals surface area contributed by atoms with Gasteiger partial charge in [-0.15, -0.1) is 0 Å². The molecule has 2 fully saturated rings. The van der Waals surface area contributed by atoms with Crippen molar-refractivity contribution < 1.29 is 13.9 Å². The van der Waals surface area contributed by atoms with Crippen molar-refractivity contribution in [3.63, 3.8) is 0 Å². The molecular weight excluding hydrogens is 313 g/mol. The van der Waals surface area contributed by atoms with Crippen LogP contribution in [0.15, 0.2) is 12.4 Å². The Hall–Kier alpha value is -1.51. The largest absolute Gasteiger partial charge is 0.379 e. The lowest BCUT2D eigenvalue weighted by molar-refractivity contribution is -0.123. The fraction of sp³-hybridized carbons (Fsp3) is 0.750. The summed E-state index contributed by atoms with van der Waals surface area (Å²) in [5.41, 5.74) is 1.07. The van der Waals surface area contributed by atoms with Crippen molar-refractivity contribution in [2.75, 3.05) is 45.9 Å². The Kier molecular flexibility index (Phi) is 5.80. The van der Waals surface area contributed by atoms with Crippen LogP contribution in [0.5, 0.6) is 0 Å². The number of hydrogen-bond acceptors (Lipinski definition) is 5. The molecule has 3 rings (SSSR count). The van der Waals surface area contributed by atoms with Crippen LogP contribution in [-0.2, 0) is 23.1 Å². The maximum Gasteiger partial charge on any atom is 0.234 e. The Labute approximate surface area is 141 Å². The maximum absolute atomic E-state index is 13.8. The van der Waals surface area contributed by atoms with Gasteiger partial charge in [0.05, 0.1) is 26.0 Å². The number of alkyl halides is 1. The SMILES string of the molecule is Cn1cc(CN2C[C@@H](F)C[C@H]2CNC(=O)CN2CCOCC2)cn1. The van der Waals surface area contributed by atoms with E-state index in [9.17, 15) is 9.18 Å². The second-order valence-corrected chi connectivity index (χ2v) is 6.63. The molecule has 2 aliphatic heterocycles. The van der Waals surface area contributed by atoms with E-state index in [1.807, 2.05) is 13.2 Å². The highest BCUT2D eigenvalue weighted by molar-refractivity contribution is 5.78. The van der Waals surface area contributed by atoms with Crippen LogP contribution in [0.4, 0.5) is 4.39 Å². The zero-order valence-corrected chi connectivity index (χ0v) is 14.2. The van der Waals surface area contributed by atoms with E-state index in [-0.39, 0.29) is 11.9 Å². The van der Waals surface area contributed by atoms with Crippen LogP contribution in [0, 0.1) is 0 Å². The summed E-state index contributed by atoms with van der Waals surface area (Å²) in [7, 11) is 1.87. The molecule has 0 unspecified atom stereocenters. The topological polar surface area (TPSA) is 62.6 Å². The van der Waals surface area contributed by atoms with Gasteiger partial charge in [0.2, 0.25) is 5.91 Å². The Morgan fingerprint density at radius 3 is 2.96 bits per heavy atom. The Morgan fingerprint density at radius 1 is 1.46 bits per heavy atom. The summed E-state index contributed by atoms with van der Waals surface area (Å²) < 4.78 is 20.9. The Balaban J connectivity index is 1.46. The van der Waals surface area contributed by atoms with Crippen molar-refractivity contribution >= 4 is 5.91 Å². The lowest BCUT2D eigenvalue weighted by Crippen LogP contribution is -2.46. The Morgan fingerprint density at radius 2 is 2.25 bits per heavy atom. The predicted octanol–water partition coefficient (Wildman–Crippen LogP) is -0.219. The second kappa shape index (κ2) is 8.04. The zero-order valence-electron chi connectivity index (χ0n) is 14.2. The standard InChI is InChI=1S/C16H26FN5O2/c1-20-9-13(7-19-20)10-22-11-14(17)6-15(22)8-18-16(23)12-21-2-4-24-5-3-21/h7,9,14-15H,2-6,8,10-12H2,1H3,(H,18,23)/t14-,15-/m0/s1. The van der Waals surface area contributed by atoms with Crippen molar-refractivity contribution in [3.05, 3.63) is 18.0 Å². The number of rotatable bonds is 6. The van der Waals surface area contributed by atoms with Crippen LogP contribution in [-0.4, -0.2) is 83.6 Å². The van der Waals surface area contributed by atoms with Crippen molar-refractivity contribution in [1.29, 1.82) is 0 Å². The molecule has 1 aromatic rings. The lowest BCUT2D eigenvalue weighted by atomic mass is 10.2. The smallest absolute Gasteiger partial charge is 0.234 e. The number of aryl methyl sites for hydroxylation is 1. The summed E-state index contributed by atoms with van der Waals surface area (Å²) in [6, 6.07) is 0.0360. The second-order valence-electron chi connectivity index (χ2n) is 6.63. The van der Waals surface area contributed by atoms with Gasteiger partial charge in [0.1, 0.15) is 6.17 Å². The van der Waals surface area contributed by atoms with E-state index in [0.29, 0.717) is 45.8 Å². The number of ether oxygens (including phenoxy) is 1. The molecule has 134 valence electrons. The van der Waals surface area contributed by atoms with Crippen LogP contribution in [0.3, 0.4) is 0 Å². The van der Waals surface area contributed by atoms with Crippen LogP contribution in [0.25, 0.3) is 0 Å². The molecule has 0 bridgehead atoms. The number of carbonyl (C=O) groups excluding carboxylic acids is 1. The van der Waals surface area contributed by atoms with Gasteiger partial charge in [-0.1, -0.05) is 0 Å². The van der Waals surface area contributed by atoms with Gasteiger partial charge in [-0.3, -0.25) is 19.3 Å². The first-order chi connectivity index (χ1) is 11.6. The maximum atomic E-state index is 13.8. The van der Waals surface area contributed by atoms with Crippen molar-refractivity contribution in [3.8, 4) is 0 Å². The number of aromatic nitrogens is 2. The van der Waals surface area contributed by atoms with E-state index < -0.39 is 6.17 Å². The number of hydrogen-bond donors (Lipinski definition) is 1. The molecule has 8 heteroatoms. The van der Waals surface area contributed by atoms with Crippen molar-refractivity contribution in [1.82, 2.24) is 24.9 Å². The van der Waals surface area contributed by atoms with Gasteiger partial charge < -0.3 is 10.1 Å². The van der Waals surface area contributed by atoms with Gasteiger partial charge >= 0.3 is 0 Å². The molecule has 1 N–H and O–H groups in total. The molecule has 2 aliphatic rings. The summed E-state index contributed by atoms with van der Waals surface area (Å²) in [5.74, 6) is 0.000496. The lowest BCUT2D eigenvalue weighted by Gasteiger charge is -2.27. The molecule has 2 saturated heterocycles. The molecule has 0 spiro atoms. The molecule has 2 atom stereocenters. The third kappa shape index (κ3) is 4.75. The number of amides is 1. The summed E-state index contributed by atoms with van der Waals surface area (Å²) in [6.45, 7) is 4.89. The number of carbonyl (C=O) groups is 1. The number of nitrogens with one attached hydrogen (secondary N) is 1. The van der Waals surface area contributed by atoms with Gasteiger partial charge in [-0.2, -0.15) is 5.10 Å². The van der Waals surface area contributed by atoms with Crippen molar-refractivity contribution in [2.24, 2.45) is 7.05 Å². The summed E-state index contributed by atoms with van der Waals surface area (Å²) in [6.07, 6.45) is 3.39. The van der Waals surface area contributed by atoms with Gasteiger partial charge in [0, 0.05) is 57.6 Å². The molecule has 1 aromatic heterocycles. The first-order valence-corrected chi connectivity index (χ1v) is 8.52. The molecule has 0 radical (unpaired) electrons. The van der Waals surface area contributed by atoms with Crippen LogP contribution < -0.4 is 5.32 Å². The van der Waals surface area contributed by atoms with E-state index in [4.69, 9.17) is 4.74 Å². The van der Waals surface area contributed by atoms with E-state index in [1.54, 1.807) is 10.9 Å². The Bertz CT molecular complexity index is 546. The number of halogens is 1.